The van der Waals surface area contributed by atoms with Crippen LogP contribution >= 0.6 is 23.4 Å². The van der Waals surface area contributed by atoms with Gasteiger partial charge in [0.15, 0.2) is 0 Å². The third kappa shape index (κ3) is 3.11. The number of halogens is 1. The molecule has 2 amide bonds. The van der Waals surface area contributed by atoms with E-state index < -0.39 is 0 Å². The number of rotatable bonds is 3. The summed E-state index contributed by atoms with van der Waals surface area (Å²) in [6.45, 7) is 3.59. The molecular weight excluding hydrogens is 234 g/mol. The Morgan fingerprint density at radius 3 is 2.67 bits per heavy atom. The van der Waals surface area contributed by atoms with Gasteiger partial charge >= 0.3 is 0 Å². The number of amides is 2. The lowest BCUT2D eigenvalue weighted by molar-refractivity contribution is -0.123. The predicted octanol–water partition coefficient (Wildman–Crippen LogP) is 2.77. The van der Waals surface area contributed by atoms with Crippen LogP contribution in [0.15, 0.2) is 23.9 Å². The zero-order valence-corrected chi connectivity index (χ0v) is 10.1. The third-order valence-corrected chi connectivity index (χ3v) is 2.80. The van der Waals surface area contributed by atoms with Crippen molar-refractivity contribution in [1.29, 1.82) is 0 Å². The van der Waals surface area contributed by atoms with Crippen LogP contribution in [0.1, 0.15) is 13.8 Å². The van der Waals surface area contributed by atoms with Gasteiger partial charge in [0.1, 0.15) is 0 Å². The minimum absolute atomic E-state index is 0.125. The first-order valence-electron chi connectivity index (χ1n) is 4.54. The highest BCUT2D eigenvalue weighted by molar-refractivity contribution is 8.14. The summed E-state index contributed by atoms with van der Waals surface area (Å²) >= 11 is 6.77. The minimum atomic E-state index is -0.222. The van der Waals surface area contributed by atoms with Gasteiger partial charge in [-0.15, -0.1) is 11.6 Å². The second-order valence-corrected chi connectivity index (χ2v) is 4.65. The van der Waals surface area contributed by atoms with E-state index in [1.54, 1.807) is 25.2 Å². The Bertz CT molecular complexity index is 320. The minimum Gasteiger partial charge on any atom is -0.273 e. The van der Waals surface area contributed by atoms with Gasteiger partial charge in [0.25, 0.3) is 5.24 Å². The lowest BCUT2D eigenvalue weighted by Crippen LogP contribution is -2.27. The largest absolute Gasteiger partial charge is 0.293 e. The van der Waals surface area contributed by atoms with Crippen molar-refractivity contribution < 1.29 is 9.59 Å². The molecule has 1 aliphatic heterocycles. The van der Waals surface area contributed by atoms with Crippen LogP contribution in [0.2, 0.25) is 0 Å². The lowest BCUT2D eigenvalue weighted by atomic mass is 10.3. The molecule has 0 bridgehead atoms. The van der Waals surface area contributed by atoms with Crippen molar-refractivity contribution in [1.82, 2.24) is 4.90 Å². The topological polar surface area (TPSA) is 37.4 Å². The van der Waals surface area contributed by atoms with E-state index in [9.17, 15) is 9.59 Å². The first kappa shape index (κ1) is 12.3. The van der Waals surface area contributed by atoms with E-state index in [2.05, 4.69) is 0 Å². The van der Waals surface area contributed by atoms with Crippen molar-refractivity contribution >= 4 is 34.5 Å². The number of hydrogen-bond acceptors (Lipinski definition) is 3. The summed E-state index contributed by atoms with van der Waals surface area (Å²) < 4.78 is 0. The highest BCUT2D eigenvalue weighted by Crippen LogP contribution is 2.24. The number of alkyl halides is 1. The van der Waals surface area contributed by atoms with Crippen molar-refractivity contribution in [2.75, 3.05) is 5.75 Å². The quantitative estimate of drug-likeness (QED) is 0.567. The zero-order valence-electron chi connectivity index (χ0n) is 8.57. The van der Waals surface area contributed by atoms with Crippen LogP contribution in [-0.4, -0.2) is 27.2 Å². The van der Waals surface area contributed by atoms with E-state index >= 15 is 0 Å². The molecule has 1 fully saturated rings. The normalized spacial score (nSPS) is 20.5. The second-order valence-electron chi connectivity index (χ2n) is 3.03. The maximum Gasteiger partial charge on any atom is 0.293 e. The highest BCUT2D eigenvalue weighted by Gasteiger charge is 2.31. The number of nitrogens with zero attached hydrogens (tertiary/aromatic N) is 1. The van der Waals surface area contributed by atoms with Gasteiger partial charge in [0, 0.05) is 11.1 Å². The Morgan fingerprint density at radius 1 is 1.60 bits per heavy atom. The smallest absolute Gasteiger partial charge is 0.273 e. The summed E-state index contributed by atoms with van der Waals surface area (Å²) in [7, 11) is 0. The van der Waals surface area contributed by atoms with Crippen molar-refractivity contribution in [3.05, 3.63) is 23.9 Å². The SMILES string of the molecule is C/C=C(\C=C/C(C)Cl)N1C(=O)CSC1=O. The summed E-state index contributed by atoms with van der Waals surface area (Å²) in [5, 5.41) is -0.347. The van der Waals surface area contributed by atoms with Crippen molar-refractivity contribution in [2.24, 2.45) is 0 Å². The molecule has 0 N–H and O–H groups in total. The summed E-state index contributed by atoms with van der Waals surface area (Å²) in [4.78, 5) is 24.0. The Hall–Kier alpha value is -0.740. The molecule has 0 aromatic heterocycles. The molecule has 0 saturated carbocycles. The molecule has 0 radical (unpaired) electrons. The van der Waals surface area contributed by atoms with Crippen LogP contribution in [0.3, 0.4) is 0 Å². The molecule has 0 spiro atoms. The fourth-order valence-corrected chi connectivity index (χ4v) is 1.92. The number of allylic oxidation sites excluding steroid dienone is 3. The molecule has 1 rings (SSSR count). The molecule has 1 saturated heterocycles. The Morgan fingerprint density at radius 2 is 2.27 bits per heavy atom. The van der Waals surface area contributed by atoms with Gasteiger partial charge in [-0.25, -0.2) is 4.90 Å². The van der Waals surface area contributed by atoms with Gasteiger partial charge in [-0.1, -0.05) is 23.9 Å². The average molecular weight is 246 g/mol. The molecule has 5 heteroatoms. The van der Waals surface area contributed by atoms with Gasteiger partial charge in [0.05, 0.1) is 5.75 Å². The summed E-state index contributed by atoms with van der Waals surface area (Å²) in [6, 6.07) is 0. The maximum atomic E-state index is 11.4. The summed E-state index contributed by atoms with van der Waals surface area (Å²) in [5.74, 6) is 0.0467. The molecule has 0 aromatic rings. The third-order valence-electron chi connectivity index (χ3n) is 1.84. The number of carbonyl (C=O) groups is 2. The van der Waals surface area contributed by atoms with E-state index in [1.807, 2.05) is 6.92 Å². The Labute approximate surface area is 98.1 Å². The van der Waals surface area contributed by atoms with Crippen LogP contribution in [-0.2, 0) is 4.79 Å². The van der Waals surface area contributed by atoms with Crippen molar-refractivity contribution in [2.45, 2.75) is 19.2 Å². The maximum absolute atomic E-state index is 11.4. The van der Waals surface area contributed by atoms with E-state index in [-0.39, 0.29) is 22.3 Å². The van der Waals surface area contributed by atoms with Crippen LogP contribution < -0.4 is 0 Å². The van der Waals surface area contributed by atoms with Crippen molar-refractivity contribution in [3.63, 3.8) is 0 Å². The molecule has 0 aliphatic carbocycles. The lowest BCUT2D eigenvalue weighted by Gasteiger charge is -2.13. The molecule has 1 atom stereocenters. The van der Waals surface area contributed by atoms with E-state index in [0.717, 1.165) is 11.8 Å². The average Bonchev–Trinajstić information content (AvgIpc) is 2.49. The van der Waals surface area contributed by atoms with Gasteiger partial charge in [0.2, 0.25) is 5.91 Å². The van der Waals surface area contributed by atoms with Crippen LogP contribution in [0.25, 0.3) is 0 Å². The Balaban J connectivity index is 2.84. The number of thioether (sulfide) groups is 1. The molecule has 1 heterocycles. The highest BCUT2D eigenvalue weighted by atomic mass is 35.5. The zero-order chi connectivity index (χ0) is 11.4. The van der Waals surface area contributed by atoms with E-state index in [1.165, 1.54) is 4.90 Å². The number of imide groups is 1. The first-order chi connectivity index (χ1) is 7.06. The fourth-order valence-electron chi connectivity index (χ4n) is 1.13. The molecule has 15 heavy (non-hydrogen) atoms. The molecule has 3 nitrogen and oxygen atoms in total. The molecule has 1 aliphatic rings. The molecule has 82 valence electrons. The summed E-state index contributed by atoms with van der Waals surface area (Å²) in [5.41, 5.74) is 0.586. The monoisotopic (exact) mass is 245 g/mol. The van der Waals surface area contributed by atoms with E-state index in [0.29, 0.717) is 5.70 Å². The standard InChI is InChI=1S/C10H12ClNO2S/c1-3-8(5-4-7(2)11)12-9(13)6-15-10(12)14/h3-5,7H,6H2,1-2H3/b5-4-,8-3+. The van der Waals surface area contributed by atoms with Gasteiger partial charge in [-0.05, 0) is 19.9 Å². The second kappa shape index (κ2) is 5.37. The van der Waals surface area contributed by atoms with Crippen LogP contribution in [0.4, 0.5) is 4.79 Å². The van der Waals surface area contributed by atoms with Crippen LogP contribution in [0, 0.1) is 0 Å². The fraction of sp³-hybridized carbons (Fsp3) is 0.400. The van der Waals surface area contributed by atoms with E-state index in [4.69, 9.17) is 11.6 Å². The number of hydrogen-bond donors (Lipinski definition) is 0. The molecular formula is C10H12ClNO2S. The van der Waals surface area contributed by atoms with Crippen LogP contribution in [0.5, 0.6) is 0 Å². The first-order valence-corrected chi connectivity index (χ1v) is 5.96. The number of carbonyl (C=O) groups excluding carboxylic acids is 2. The van der Waals surface area contributed by atoms with Gasteiger partial charge in [-0.2, -0.15) is 0 Å². The molecule has 1 unspecified atom stereocenters. The molecule has 0 aromatic carbocycles. The van der Waals surface area contributed by atoms with Gasteiger partial charge in [-0.3, -0.25) is 9.59 Å². The summed E-state index contributed by atoms with van der Waals surface area (Å²) in [6.07, 6.45) is 5.15. The van der Waals surface area contributed by atoms with Gasteiger partial charge < -0.3 is 0 Å². The predicted molar refractivity (Wildman–Crippen MR) is 62.9 cm³/mol. The van der Waals surface area contributed by atoms with Crippen molar-refractivity contribution in [3.8, 4) is 0 Å². The Kier molecular flexibility index (Phi) is 4.42.